The van der Waals surface area contributed by atoms with Crippen molar-refractivity contribution >= 4 is 15.9 Å². The van der Waals surface area contributed by atoms with E-state index in [1.54, 1.807) is 13.3 Å². The number of hydrogen-bond donors (Lipinski definition) is 1. The lowest BCUT2D eigenvalue weighted by Crippen LogP contribution is -2.11. The fourth-order valence-electron chi connectivity index (χ4n) is 1.46. The zero-order valence-electron chi connectivity index (χ0n) is 9.11. The molecule has 1 aromatic heterocycles. The molecule has 15 heavy (non-hydrogen) atoms. The van der Waals surface area contributed by atoms with Crippen LogP contribution in [0.5, 0.6) is 0 Å². The Bertz CT molecular complexity index is 302. The maximum atomic E-state index is 9.96. The molecule has 1 heterocycles. The van der Waals surface area contributed by atoms with E-state index >= 15 is 0 Å². The number of rotatable bonds is 6. The van der Waals surface area contributed by atoms with Crippen LogP contribution in [-0.2, 0) is 11.3 Å². The predicted molar refractivity (Wildman–Crippen MR) is 61.7 cm³/mol. The summed E-state index contributed by atoms with van der Waals surface area (Å²) in [6.45, 7) is 3.46. The Morgan fingerprint density at radius 2 is 2.40 bits per heavy atom. The fraction of sp³-hybridized carbons (Fsp3) is 0.700. The first-order valence-electron chi connectivity index (χ1n) is 5.08. The molecule has 0 aliphatic carbocycles. The molecule has 0 aromatic carbocycles. The number of aryl methyl sites for hydroxylation is 1. The lowest BCUT2D eigenvalue weighted by Gasteiger charge is -2.13. The van der Waals surface area contributed by atoms with Crippen molar-refractivity contribution in [1.29, 1.82) is 0 Å². The highest BCUT2D eigenvalue weighted by molar-refractivity contribution is 9.10. The van der Waals surface area contributed by atoms with Crippen molar-refractivity contribution in [2.75, 3.05) is 13.7 Å². The third-order valence-corrected chi connectivity index (χ3v) is 2.79. The number of hydrogen-bond acceptors (Lipinski definition) is 3. The molecular weight excluding hydrogens is 260 g/mol. The summed E-state index contributed by atoms with van der Waals surface area (Å²) in [7, 11) is 1.63. The van der Waals surface area contributed by atoms with Crippen LogP contribution in [0.15, 0.2) is 10.7 Å². The summed E-state index contributed by atoms with van der Waals surface area (Å²) in [6, 6.07) is 0. The Morgan fingerprint density at radius 3 is 3.00 bits per heavy atom. The topological polar surface area (TPSA) is 47.3 Å². The highest BCUT2D eigenvalue weighted by Crippen LogP contribution is 2.25. The Hall–Kier alpha value is -0.390. The van der Waals surface area contributed by atoms with E-state index in [2.05, 4.69) is 28.0 Å². The van der Waals surface area contributed by atoms with Crippen molar-refractivity contribution in [3.05, 3.63) is 16.4 Å². The van der Waals surface area contributed by atoms with E-state index in [-0.39, 0.29) is 0 Å². The predicted octanol–water partition coefficient (Wildman–Crippen LogP) is 2.13. The summed E-state index contributed by atoms with van der Waals surface area (Å²) >= 11 is 3.40. The lowest BCUT2D eigenvalue weighted by molar-refractivity contribution is 0.103. The van der Waals surface area contributed by atoms with Gasteiger partial charge in [-0.2, -0.15) is 5.10 Å². The van der Waals surface area contributed by atoms with Crippen LogP contribution in [0.2, 0.25) is 0 Å². The normalized spacial score (nSPS) is 13.1. The molecule has 1 atom stereocenters. The highest BCUT2D eigenvalue weighted by atomic mass is 79.9. The van der Waals surface area contributed by atoms with E-state index in [0.717, 1.165) is 23.1 Å². The monoisotopic (exact) mass is 276 g/mol. The molecule has 0 amide bonds. The molecule has 0 fully saturated rings. The van der Waals surface area contributed by atoms with Crippen molar-refractivity contribution in [2.45, 2.75) is 32.4 Å². The van der Waals surface area contributed by atoms with Crippen molar-refractivity contribution in [1.82, 2.24) is 9.78 Å². The van der Waals surface area contributed by atoms with Gasteiger partial charge in [-0.3, -0.25) is 4.68 Å². The summed E-state index contributed by atoms with van der Waals surface area (Å²) in [5.41, 5.74) is 0.842. The van der Waals surface area contributed by atoms with Crippen LogP contribution in [0.1, 0.15) is 31.6 Å². The Balaban J connectivity index is 2.75. The summed E-state index contributed by atoms with van der Waals surface area (Å²) in [6.07, 6.45) is 2.79. The first-order valence-corrected chi connectivity index (χ1v) is 5.88. The summed E-state index contributed by atoms with van der Waals surface area (Å²) in [5, 5.41) is 14.2. The van der Waals surface area contributed by atoms with E-state index in [0.29, 0.717) is 13.0 Å². The lowest BCUT2D eigenvalue weighted by atomic mass is 10.2. The number of aromatic nitrogens is 2. The third-order valence-electron chi connectivity index (χ3n) is 2.18. The molecule has 0 aliphatic heterocycles. The second-order valence-corrected chi connectivity index (χ2v) is 4.25. The Kier molecular flexibility index (Phi) is 5.28. The molecule has 0 saturated heterocycles. The van der Waals surface area contributed by atoms with Crippen molar-refractivity contribution < 1.29 is 9.84 Å². The van der Waals surface area contributed by atoms with Gasteiger partial charge in [-0.05, 0) is 22.4 Å². The van der Waals surface area contributed by atoms with Crippen molar-refractivity contribution in [3.63, 3.8) is 0 Å². The third kappa shape index (κ3) is 3.29. The molecule has 4 nitrogen and oxygen atoms in total. The van der Waals surface area contributed by atoms with Crippen LogP contribution in [0.3, 0.4) is 0 Å². The number of aliphatic hydroxyl groups is 1. The van der Waals surface area contributed by atoms with Gasteiger partial charge in [-0.25, -0.2) is 0 Å². The van der Waals surface area contributed by atoms with Gasteiger partial charge in [0.05, 0.1) is 22.5 Å². The van der Waals surface area contributed by atoms with Gasteiger partial charge in [-0.15, -0.1) is 0 Å². The number of nitrogens with zero attached hydrogens (tertiary/aromatic N) is 2. The van der Waals surface area contributed by atoms with Crippen molar-refractivity contribution in [2.24, 2.45) is 0 Å². The maximum absolute atomic E-state index is 9.96. The van der Waals surface area contributed by atoms with E-state index in [1.165, 1.54) is 0 Å². The van der Waals surface area contributed by atoms with E-state index in [9.17, 15) is 5.11 Å². The van der Waals surface area contributed by atoms with Gasteiger partial charge >= 0.3 is 0 Å². The summed E-state index contributed by atoms with van der Waals surface area (Å²) in [4.78, 5) is 0. The first kappa shape index (κ1) is 12.7. The quantitative estimate of drug-likeness (QED) is 0.866. The fourth-order valence-corrected chi connectivity index (χ4v) is 2.02. The Labute approximate surface area is 98.4 Å². The first-order chi connectivity index (χ1) is 7.20. The van der Waals surface area contributed by atoms with E-state index in [4.69, 9.17) is 4.74 Å². The SMILES string of the molecule is CCCn1ncc(Br)c1C(O)CCOC. The highest BCUT2D eigenvalue weighted by Gasteiger charge is 2.16. The van der Waals surface area contributed by atoms with Gasteiger partial charge in [0, 0.05) is 26.7 Å². The summed E-state index contributed by atoms with van der Waals surface area (Å²) < 4.78 is 7.64. The van der Waals surface area contributed by atoms with Gasteiger partial charge < -0.3 is 9.84 Å². The zero-order valence-corrected chi connectivity index (χ0v) is 10.7. The molecule has 0 spiro atoms. The molecule has 0 radical (unpaired) electrons. The van der Waals surface area contributed by atoms with Gasteiger partial charge in [0.1, 0.15) is 0 Å². The van der Waals surface area contributed by atoms with Gasteiger partial charge in [0.15, 0.2) is 0 Å². The minimum Gasteiger partial charge on any atom is -0.387 e. The second-order valence-electron chi connectivity index (χ2n) is 3.40. The second kappa shape index (κ2) is 6.25. The van der Waals surface area contributed by atoms with Crippen molar-refractivity contribution in [3.8, 4) is 0 Å². The number of methoxy groups -OCH3 is 1. The van der Waals surface area contributed by atoms with Gasteiger partial charge in [0.2, 0.25) is 0 Å². The Morgan fingerprint density at radius 1 is 1.67 bits per heavy atom. The summed E-state index contributed by atoms with van der Waals surface area (Å²) in [5.74, 6) is 0. The molecule has 0 bridgehead atoms. The van der Waals surface area contributed by atoms with Crippen LogP contribution in [0, 0.1) is 0 Å². The number of ether oxygens (including phenoxy) is 1. The molecule has 0 saturated carbocycles. The van der Waals surface area contributed by atoms with Gasteiger partial charge in [-0.1, -0.05) is 6.92 Å². The maximum Gasteiger partial charge on any atom is 0.0990 e. The average Bonchev–Trinajstić information content (AvgIpc) is 2.57. The zero-order chi connectivity index (χ0) is 11.3. The molecule has 1 unspecified atom stereocenters. The molecular formula is C10H17BrN2O2. The minimum atomic E-state index is -0.520. The molecule has 5 heteroatoms. The average molecular weight is 277 g/mol. The van der Waals surface area contributed by atoms with E-state index < -0.39 is 6.10 Å². The largest absolute Gasteiger partial charge is 0.387 e. The molecule has 1 N–H and O–H groups in total. The van der Waals surface area contributed by atoms with Crippen LogP contribution in [-0.4, -0.2) is 28.6 Å². The molecule has 1 aromatic rings. The minimum absolute atomic E-state index is 0.520. The van der Waals surface area contributed by atoms with Gasteiger partial charge in [0.25, 0.3) is 0 Å². The number of halogens is 1. The smallest absolute Gasteiger partial charge is 0.0990 e. The van der Waals surface area contributed by atoms with Crippen LogP contribution < -0.4 is 0 Å². The standard InChI is InChI=1S/C10H17BrN2O2/c1-3-5-13-10(8(11)7-12-13)9(14)4-6-15-2/h7,9,14H,3-6H2,1-2H3. The van der Waals surface area contributed by atoms with Crippen LogP contribution in [0.25, 0.3) is 0 Å². The molecule has 1 rings (SSSR count). The van der Waals surface area contributed by atoms with Crippen LogP contribution >= 0.6 is 15.9 Å². The molecule has 86 valence electrons. The van der Waals surface area contributed by atoms with Crippen LogP contribution in [0.4, 0.5) is 0 Å². The number of aliphatic hydroxyl groups excluding tert-OH is 1. The molecule has 0 aliphatic rings. The van der Waals surface area contributed by atoms with E-state index in [1.807, 2.05) is 4.68 Å².